The van der Waals surface area contributed by atoms with E-state index in [4.69, 9.17) is 0 Å². The third-order valence-electron chi connectivity index (χ3n) is 3.87. The minimum Gasteiger partial charge on any atom is -0.361 e. The van der Waals surface area contributed by atoms with Crippen LogP contribution >= 0.6 is 0 Å². The summed E-state index contributed by atoms with van der Waals surface area (Å²) in [6.45, 7) is 5.41. The largest absolute Gasteiger partial charge is 0.361 e. The lowest BCUT2D eigenvalue weighted by Gasteiger charge is -2.15. The fourth-order valence-corrected chi connectivity index (χ4v) is 2.70. The van der Waals surface area contributed by atoms with Crippen molar-refractivity contribution in [2.45, 2.75) is 12.8 Å². The van der Waals surface area contributed by atoms with Crippen LogP contribution in [0.3, 0.4) is 0 Å². The quantitative estimate of drug-likeness (QED) is 0.837. The number of hydrogen-bond acceptors (Lipinski definition) is 1. The molecule has 0 saturated carbocycles. The van der Waals surface area contributed by atoms with Gasteiger partial charge in [0.25, 0.3) is 0 Å². The Bertz CT molecular complexity index is 614. The summed E-state index contributed by atoms with van der Waals surface area (Å²) < 4.78 is 0. The standard InChI is InChI=1S/C16H18N2O/c1-2-12-10-16(19)18(11-12)8-6-13-3-4-15-14(9-13)5-7-17-15/h2-5,7,9,12,17H,1,6,8,10-11H2. The van der Waals surface area contributed by atoms with Crippen molar-refractivity contribution in [3.05, 3.63) is 48.7 Å². The van der Waals surface area contributed by atoms with Crippen LogP contribution < -0.4 is 0 Å². The van der Waals surface area contributed by atoms with Gasteiger partial charge in [-0.2, -0.15) is 0 Å². The number of likely N-dealkylation sites (tertiary alicyclic amines) is 1. The van der Waals surface area contributed by atoms with Gasteiger partial charge in [0.05, 0.1) is 0 Å². The number of fused-ring (bicyclic) bond motifs is 1. The number of aromatic nitrogens is 1. The van der Waals surface area contributed by atoms with Gasteiger partial charge in [-0.15, -0.1) is 6.58 Å². The fraction of sp³-hybridized carbons (Fsp3) is 0.312. The lowest BCUT2D eigenvalue weighted by molar-refractivity contribution is -0.127. The van der Waals surface area contributed by atoms with Gasteiger partial charge in [-0.05, 0) is 35.6 Å². The summed E-state index contributed by atoms with van der Waals surface area (Å²) in [4.78, 5) is 16.9. The van der Waals surface area contributed by atoms with Crippen LogP contribution in [0.25, 0.3) is 10.9 Å². The average molecular weight is 254 g/mol. The number of carbonyl (C=O) groups is 1. The number of hydrogen-bond donors (Lipinski definition) is 1. The van der Waals surface area contributed by atoms with Crippen molar-refractivity contribution in [1.29, 1.82) is 0 Å². The lowest BCUT2D eigenvalue weighted by atomic mass is 10.1. The Morgan fingerprint density at radius 1 is 1.42 bits per heavy atom. The molecule has 3 rings (SSSR count). The van der Waals surface area contributed by atoms with E-state index in [2.05, 4.69) is 35.8 Å². The molecule has 98 valence electrons. The predicted molar refractivity (Wildman–Crippen MR) is 76.9 cm³/mol. The number of H-pyrrole nitrogens is 1. The molecule has 1 atom stereocenters. The molecular weight excluding hydrogens is 236 g/mol. The highest BCUT2D eigenvalue weighted by Gasteiger charge is 2.26. The molecule has 1 N–H and O–H groups in total. The number of benzene rings is 1. The van der Waals surface area contributed by atoms with Gasteiger partial charge in [0, 0.05) is 37.1 Å². The van der Waals surface area contributed by atoms with Crippen LogP contribution in [0.15, 0.2) is 43.1 Å². The number of nitrogens with one attached hydrogen (secondary N) is 1. The number of nitrogens with zero attached hydrogens (tertiary/aromatic N) is 1. The molecule has 1 aromatic carbocycles. The molecular formula is C16H18N2O. The third-order valence-corrected chi connectivity index (χ3v) is 3.87. The first-order valence-corrected chi connectivity index (χ1v) is 6.72. The first kappa shape index (κ1) is 12.0. The van der Waals surface area contributed by atoms with Crippen LogP contribution in [0.2, 0.25) is 0 Å². The second-order valence-corrected chi connectivity index (χ2v) is 5.19. The van der Waals surface area contributed by atoms with Crippen LogP contribution in [0, 0.1) is 5.92 Å². The highest BCUT2D eigenvalue weighted by Crippen LogP contribution is 2.20. The van der Waals surface area contributed by atoms with Crippen molar-refractivity contribution >= 4 is 16.8 Å². The number of rotatable bonds is 4. The minimum absolute atomic E-state index is 0.257. The molecule has 1 aliphatic heterocycles. The van der Waals surface area contributed by atoms with Crippen LogP contribution in [0.4, 0.5) is 0 Å². The van der Waals surface area contributed by atoms with Gasteiger partial charge < -0.3 is 9.88 Å². The van der Waals surface area contributed by atoms with Gasteiger partial charge in [0.1, 0.15) is 0 Å². The molecule has 0 spiro atoms. The molecule has 1 fully saturated rings. The molecule has 1 amide bonds. The molecule has 2 heterocycles. The molecule has 2 aromatic rings. The third kappa shape index (κ3) is 2.41. The van der Waals surface area contributed by atoms with Gasteiger partial charge >= 0.3 is 0 Å². The highest BCUT2D eigenvalue weighted by molar-refractivity contribution is 5.80. The van der Waals surface area contributed by atoms with E-state index >= 15 is 0 Å². The SMILES string of the molecule is C=CC1CC(=O)N(CCc2ccc3[nH]ccc3c2)C1. The van der Waals surface area contributed by atoms with Crippen molar-refractivity contribution in [2.24, 2.45) is 5.92 Å². The second-order valence-electron chi connectivity index (χ2n) is 5.19. The van der Waals surface area contributed by atoms with Crippen molar-refractivity contribution in [1.82, 2.24) is 9.88 Å². The summed E-state index contributed by atoms with van der Waals surface area (Å²) in [6.07, 6.45) is 5.38. The maximum Gasteiger partial charge on any atom is 0.223 e. The maximum absolute atomic E-state index is 11.8. The van der Waals surface area contributed by atoms with Gasteiger partial charge in [0.15, 0.2) is 0 Å². The van der Waals surface area contributed by atoms with E-state index in [0.29, 0.717) is 12.3 Å². The van der Waals surface area contributed by atoms with Crippen molar-refractivity contribution in [3.63, 3.8) is 0 Å². The smallest absolute Gasteiger partial charge is 0.223 e. The van der Waals surface area contributed by atoms with Crippen LogP contribution in [0.5, 0.6) is 0 Å². The summed E-state index contributed by atoms with van der Waals surface area (Å²) in [6, 6.07) is 8.50. The van der Waals surface area contributed by atoms with Crippen LogP contribution in [0.1, 0.15) is 12.0 Å². The Labute approximate surface area is 112 Å². The maximum atomic E-state index is 11.8. The zero-order valence-electron chi connectivity index (χ0n) is 10.9. The molecule has 1 aromatic heterocycles. The Balaban J connectivity index is 1.65. The zero-order valence-corrected chi connectivity index (χ0v) is 10.9. The Kier molecular flexibility index (Phi) is 3.11. The summed E-state index contributed by atoms with van der Waals surface area (Å²) in [7, 11) is 0. The fourth-order valence-electron chi connectivity index (χ4n) is 2.70. The molecule has 0 radical (unpaired) electrons. The molecule has 3 nitrogen and oxygen atoms in total. The first-order chi connectivity index (χ1) is 9.26. The second kappa shape index (κ2) is 4.92. The number of amides is 1. The zero-order chi connectivity index (χ0) is 13.2. The topological polar surface area (TPSA) is 36.1 Å². The summed E-state index contributed by atoms with van der Waals surface area (Å²) in [5.41, 5.74) is 2.44. The average Bonchev–Trinajstić information content (AvgIpc) is 3.02. The van der Waals surface area contributed by atoms with Crippen molar-refractivity contribution in [2.75, 3.05) is 13.1 Å². The lowest BCUT2D eigenvalue weighted by Crippen LogP contribution is -2.27. The van der Waals surface area contributed by atoms with E-state index in [1.807, 2.05) is 17.2 Å². The number of carbonyl (C=O) groups excluding carboxylic acids is 1. The van der Waals surface area contributed by atoms with E-state index in [0.717, 1.165) is 25.0 Å². The molecule has 19 heavy (non-hydrogen) atoms. The molecule has 1 saturated heterocycles. The van der Waals surface area contributed by atoms with Gasteiger partial charge in [-0.1, -0.05) is 12.1 Å². The van der Waals surface area contributed by atoms with E-state index in [1.54, 1.807) is 0 Å². The first-order valence-electron chi connectivity index (χ1n) is 6.72. The van der Waals surface area contributed by atoms with E-state index in [9.17, 15) is 4.79 Å². The van der Waals surface area contributed by atoms with Gasteiger partial charge in [0.2, 0.25) is 5.91 Å². The molecule has 0 aliphatic carbocycles. The Morgan fingerprint density at radius 3 is 3.11 bits per heavy atom. The van der Waals surface area contributed by atoms with Gasteiger partial charge in [-0.3, -0.25) is 4.79 Å². The Morgan fingerprint density at radius 2 is 2.32 bits per heavy atom. The van der Waals surface area contributed by atoms with Crippen molar-refractivity contribution < 1.29 is 4.79 Å². The summed E-state index contributed by atoms with van der Waals surface area (Å²) in [5, 5.41) is 1.23. The van der Waals surface area contributed by atoms with Crippen LogP contribution in [-0.4, -0.2) is 28.9 Å². The monoisotopic (exact) mass is 254 g/mol. The molecule has 3 heteroatoms. The van der Waals surface area contributed by atoms with E-state index in [-0.39, 0.29) is 5.91 Å². The summed E-state index contributed by atoms with van der Waals surface area (Å²) >= 11 is 0. The van der Waals surface area contributed by atoms with Gasteiger partial charge in [-0.25, -0.2) is 0 Å². The van der Waals surface area contributed by atoms with E-state index in [1.165, 1.54) is 10.9 Å². The molecule has 1 unspecified atom stereocenters. The molecule has 1 aliphatic rings. The number of aromatic amines is 1. The van der Waals surface area contributed by atoms with E-state index < -0.39 is 0 Å². The molecule has 0 bridgehead atoms. The predicted octanol–water partition coefficient (Wildman–Crippen LogP) is 2.74. The summed E-state index contributed by atoms with van der Waals surface area (Å²) in [5.74, 6) is 0.590. The highest BCUT2D eigenvalue weighted by atomic mass is 16.2. The Hall–Kier alpha value is -2.03. The van der Waals surface area contributed by atoms with Crippen LogP contribution in [-0.2, 0) is 11.2 Å². The minimum atomic E-state index is 0.257. The van der Waals surface area contributed by atoms with Crippen molar-refractivity contribution in [3.8, 4) is 0 Å². The normalized spacial score (nSPS) is 19.3.